The molecule has 0 bridgehead atoms. The Hall–Kier alpha value is -1.65. The molecule has 1 aliphatic carbocycles. The Bertz CT molecular complexity index is 505. The minimum atomic E-state index is -0.674. The molecule has 0 amide bonds. The van der Waals surface area contributed by atoms with Gasteiger partial charge in [0.15, 0.2) is 0 Å². The molecule has 0 aromatic carbocycles. The van der Waals surface area contributed by atoms with Crippen molar-refractivity contribution >= 4 is 11.9 Å². The third-order valence-corrected chi connectivity index (χ3v) is 4.55. The highest BCUT2D eigenvalue weighted by molar-refractivity contribution is 5.73. The minimum absolute atomic E-state index is 0.0349. The molecule has 19 heavy (non-hydrogen) atoms. The molecule has 1 spiro atoms. The summed E-state index contributed by atoms with van der Waals surface area (Å²) in [5.41, 5.74) is 1.83. The lowest BCUT2D eigenvalue weighted by molar-refractivity contribution is -0.146. The number of aryl methyl sites for hydroxylation is 2. The fraction of sp³-hybridized carbons (Fsp3) is 0.643. The SMILES string of the molecule is Cc1cc(C)nc(N2CC(C(=O)O)C3(CCC3)C2)n1. The molecular weight excluding hydrogens is 242 g/mol. The molecule has 5 nitrogen and oxygen atoms in total. The third-order valence-electron chi connectivity index (χ3n) is 4.55. The predicted molar refractivity (Wildman–Crippen MR) is 71.1 cm³/mol. The average molecular weight is 261 g/mol. The number of aliphatic carboxylic acids is 1. The number of carbonyl (C=O) groups is 1. The summed E-state index contributed by atoms with van der Waals surface area (Å²) in [6.07, 6.45) is 3.18. The van der Waals surface area contributed by atoms with Crippen molar-refractivity contribution < 1.29 is 9.90 Å². The Labute approximate surface area is 112 Å². The number of hydrogen-bond acceptors (Lipinski definition) is 4. The molecule has 102 valence electrons. The Balaban J connectivity index is 1.89. The van der Waals surface area contributed by atoms with Gasteiger partial charge >= 0.3 is 5.97 Å². The van der Waals surface area contributed by atoms with Crippen molar-refractivity contribution in [2.75, 3.05) is 18.0 Å². The molecule has 5 heteroatoms. The quantitative estimate of drug-likeness (QED) is 0.879. The second kappa shape index (κ2) is 4.18. The van der Waals surface area contributed by atoms with Crippen LogP contribution in [0.1, 0.15) is 30.7 Å². The van der Waals surface area contributed by atoms with E-state index >= 15 is 0 Å². The van der Waals surface area contributed by atoms with Crippen LogP contribution in [0.2, 0.25) is 0 Å². The molecule has 2 fully saturated rings. The lowest BCUT2D eigenvalue weighted by Gasteiger charge is -2.40. The van der Waals surface area contributed by atoms with Gasteiger partial charge in [0.1, 0.15) is 0 Å². The summed E-state index contributed by atoms with van der Waals surface area (Å²) in [5, 5.41) is 9.42. The number of anilines is 1. The van der Waals surface area contributed by atoms with E-state index in [2.05, 4.69) is 14.9 Å². The maximum atomic E-state index is 11.5. The van der Waals surface area contributed by atoms with E-state index in [0.29, 0.717) is 12.5 Å². The van der Waals surface area contributed by atoms with Crippen LogP contribution in [0, 0.1) is 25.2 Å². The van der Waals surface area contributed by atoms with E-state index in [0.717, 1.165) is 37.2 Å². The molecule has 1 saturated carbocycles. The van der Waals surface area contributed by atoms with Crippen molar-refractivity contribution in [3.8, 4) is 0 Å². The van der Waals surface area contributed by atoms with Crippen molar-refractivity contribution in [3.05, 3.63) is 17.5 Å². The van der Waals surface area contributed by atoms with Crippen molar-refractivity contribution in [3.63, 3.8) is 0 Å². The lowest BCUT2D eigenvalue weighted by Crippen LogP contribution is -2.40. The average Bonchev–Trinajstić information content (AvgIpc) is 2.67. The third kappa shape index (κ3) is 1.97. The monoisotopic (exact) mass is 261 g/mol. The molecule has 0 radical (unpaired) electrons. The van der Waals surface area contributed by atoms with E-state index in [-0.39, 0.29) is 11.3 Å². The first-order valence-electron chi connectivity index (χ1n) is 6.80. The molecule has 2 heterocycles. The zero-order valence-corrected chi connectivity index (χ0v) is 11.4. The summed E-state index contributed by atoms with van der Waals surface area (Å²) < 4.78 is 0. The number of rotatable bonds is 2. The van der Waals surface area contributed by atoms with Gasteiger partial charge in [-0.2, -0.15) is 0 Å². The molecular formula is C14H19N3O2. The molecule has 1 saturated heterocycles. The number of carboxylic acid groups (broad SMARTS) is 1. The second-order valence-electron chi connectivity index (χ2n) is 5.94. The maximum absolute atomic E-state index is 11.5. The predicted octanol–water partition coefficient (Wildman–Crippen LogP) is 1.78. The Morgan fingerprint density at radius 1 is 1.37 bits per heavy atom. The van der Waals surface area contributed by atoms with Gasteiger partial charge in [-0.1, -0.05) is 6.42 Å². The Kier molecular flexibility index (Phi) is 2.73. The summed E-state index contributed by atoms with van der Waals surface area (Å²) in [6.45, 7) is 5.22. The molecule has 1 atom stereocenters. The van der Waals surface area contributed by atoms with Crippen LogP contribution in [0.4, 0.5) is 5.95 Å². The van der Waals surface area contributed by atoms with Gasteiger partial charge in [0.2, 0.25) is 5.95 Å². The van der Waals surface area contributed by atoms with Crippen LogP contribution in [-0.2, 0) is 4.79 Å². The van der Waals surface area contributed by atoms with Gasteiger partial charge in [-0.25, -0.2) is 9.97 Å². The molecule has 1 unspecified atom stereocenters. The van der Waals surface area contributed by atoms with E-state index in [4.69, 9.17) is 0 Å². The molecule has 2 aliphatic rings. The molecule has 1 aromatic rings. The zero-order valence-electron chi connectivity index (χ0n) is 11.4. The fourth-order valence-corrected chi connectivity index (χ4v) is 3.45. The normalized spacial score (nSPS) is 24.5. The van der Waals surface area contributed by atoms with Crippen molar-refractivity contribution in [1.82, 2.24) is 9.97 Å². The van der Waals surface area contributed by atoms with Gasteiger partial charge < -0.3 is 10.0 Å². The maximum Gasteiger partial charge on any atom is 0.308 e. The first-order valence-corrected chi connectivity index (χ1v) is 6.80. The minimum Gasteiger partial charge on any atom is -0.481 e. The van der Waals surface area contributed by atoms with E-state index in [1.807, 2.05) is 19.9 Å². The summed E-state index contributed by atoms with van der Waals surface area (Å²) in [5.74, 6) is -0.259. The van der Waals surface area contributed by atoms with E-state index in [1.165, 1.54) is 0 Å². The highest BCUT2D eigenvalue weighted by Crippen LogP contribution is 2.52. The second-order valence-corrected chi connectivity index (χ2v) is 5.94. The van der Waals surface area contributed by atoms with Crippen LogP contribution in [0.15, 0.2) is 6.07 Å². The summed E-state index contributed by atoms with van der Waals surface area (Å²) in [7, 11) is 0. The topological polar surface area (TPSA) is 66.3 Å². The molecule has 1 aliphatic heterocycles. The molecule has 1 N–H and O–H groups in total. The zero-order chi connectivity index (χ0) is 13.6. The van der Waals surface area contributed by atoms with E-state index < -0.39 is 5.97 Å². The van der Waals surface area contributed by atoms with E-state index in [1.54, 1.807) is 0 Å². The lowest BCUT2D eigenvalue weighted by atomic mass is 9.63. The molecule has 1 aromatic heterocycles. The van der Waals surface area contributed by atoms with Crippen LogP contribution >= 0.6 is 0 Å². The van der Waals surface area contributed by atoms with E-state index in [9.17, 15) is 9.90 Å². The largest absolute Gasteiger partial charge is 0.481 e. The van der Waals surface area contributed by atoms with Crippen LogP contribution in [0.3, 0.4) is 0 Å². The number of aromatic nitrogens is 2. The highest BCUT2D eigenvalue weighted by Gasteiger charge is 2.54. The van der Waals surface area contributed by atoms with Crippen LogP contribution in [-0.4, -0.2) is 34.1 Å². The highest BCUT2D eigenvalue weighted by atomic mass is 16.4. The standard InChI is InChI=1S/C14H19N3O2/c1-9-6-10(2)16-13(15-9)17-7-11(12(18)19)14(8-17)4-3-5-14/h6,11H,3-5,7-8H2,1-2H3,(H,18,19). The summed E-state index contributed by atoms with van der Waals surface area (Å²) >= 11 is 0. The molecule has 3 rings (SSSR count). The smallest absolute Gasteiger partial charge is 0.308 e. The van der Waals surface area contributed by atoms with Crippen LogP contribution in [0.5, 0.6) is 0 Å². The van der Waals surface area contributed by atoms with Crippen molar-refractivity contribution in [2.24, 2.45) is 11.3 Å². The Morgan fingerprint density at radius 2 is 2.00 bits per heavy atom. The number of nitrogens with zero attached hydrogens (tertiary/aromatic N) is 3. The summed E-state index contributed by atoms with van der Waals surface area (Å²) in [6, 6.07) is 1.94. The van der Waals surface area contributed by atoms with Crippen molar-refractivity contribution in [2.45, 2.75) is 33.1 Å². The first-order chi connectivity index (χ1) is 9.00. The van der Waals surface area contributed by atoms with Gasteiger partial charge in [-0.3, -0.25) is 4.79 Å². The number of carboxylic acids is 1. The van der Waals surface area contributed by atoms with Gasteiger partial charge in [0.25, 0.3) is 0 Å². The van der Waals surface area contributed by atoms with Gasteiger partial charge in [0, 0.05) is 29.9 Å². The number of hydrogen-bond donors (Lipinski definition) is 1. The van der Waals surface area contributed by atoms with Crippen molar-refractivity contribution in [1.29, 1.82) is 0 Å². The Morgan fingerprint density at radius 3 is 2.42 bits per heavy atom. The fourth-order valence-electron chi connectivity index (χ4n) is 3.45. The van der Waals surface area contributed by atoms with Gasteiger partial charge in [0.05, 0.1) is 5.92 Å². The van der Waals surface area contributed by atoms with Crippen LogP contribution < -0.4 is 4.90 Å². The van der Waals surface area contributed by atoms with Gasteiger partial charge in [-0.05, 0) is 32.8 Å². The first kappa shape index (κ1) is 12.4. The van der Waals surface area contributed by atoms with Gasteiger partial charge in [-0.15, -0.1) is 0 Å². The summed E-state index contributed by atoms with van der Waals surface area (Å²) in [4.78, 5) is 22.4. The van der Waals surface area contributed by atoms with Crippen LogP contribution in [0.25, 0.3) is 0 Å².